The molecule has 0 fully saturated rings. The number of aldehydes is 1. The van der Waals surface area contributed by atoms with Crippen molar-refractivity contribution in [1.82, 2.24) is 5.32 Å². The third kappa shape index (κ3) is 7.09. The molecule has 0 aliphatic heterocycles. The van der Waals surface area contributed by atoms with Gasteiger partial charge in [0.2, 0.25) is 0 Å². The normalized spacial score (nSPS) is 12.1. The van der Waals surface area contributed by atoms with Gasteiger partial charge in [0.05, 0.1) is 6.04 Å². The first kappa shape index (κ1) is 20.4. The molecule has 1 unspecified atom stereocenters. The number of benzene rings is 2. The second kappa shape index (κ2) is 9.16. The van der Waals surface area contributed by atoms with Crippen LogP contribution in [0.4, 0.5) is 9.18 Å². The zero-order chi connectivity index (χ0) is 19.9. The van der Waals surface area contributed by atoms with Gasteiger partial charge in [-0.15, -0.1) is 0 Å². The van der Waals surface area contributed by atoms with Crippen molar-refractivity contribution < 1.29 is 23.5 Å². The SMILES string of the molecule is CC(C)(C)OC(=O)NC(C=O)Cc1ccc(OCc2ccccc2F)cc1. The van der Waals surface area contributed by atoms with E-state index in [0.29, 0.717) is 24.0 Å². The maximum Gasteiger partial charge on any atom is 0.408 e. The first-order chi connectivity index (χ1) is 12.8. The van der Waals surface area contributed by atoms with Gasteiger partial charge in [0.1, 0.15) is 30.1 Å². The Balaban J connectivity index is 1.89. The van der Waals surface area contributed by atoms with E-state index in [2.05, 4.69) is 5.32 Å². The average molecular weight is 373 g/mol. The smallest absolute Gasteiger partial charge is 0.408 e. The second-order valence-electron chi connectivity index (χ2n) is 7.12. The number of amides is 1. The summed E-state index contributed by atoms with van der Waals surface area (Å²) in [6.07, 6.45) is 0.368. The highest BCUT2D eigenvalue weighted by Gasteiger charge is 2.19. The number of hydrogen-bond donors (Lipinski definition) is 1. The molecule has 0 heterocycles. The molecule has 2 aromatic carbocycles. The van der Waals surface area contributed by atoms with Crippen LogP contribution in [0, 0.1) is 5.82 Å². The molecule has 0 saturated carbocycles. The molecule has 2 rings (SSSR count). The topological polar surface area (TPSA) is 64.6 Å². The van der Waals surface area contributed by atoms with Crippen LogP contribution in [-0.2, 0) is 22.6 Å². The van der Waals surface area contributed by atoms with Crippen LogP contribution < -0.4 is 10.1 Å². The van der Waals surface area contributed by atoms with Gasteiger partial charge in [-0.2, -0.15) is 0 Å². The highest BCUT2D eigenvalue weighted by atomic mass is 19.1. The van der Waals surface area contributed by atoms with Crippen molar-refractivity contribution >= 4 is 12.4 Å². The molecule has 1 N–H and O–H groups in total. The minimum atomic E-state index is -0.690. The molecule has 6 heteroatoms. The molecule has 0 aliphatic carbocycles. The average Bonchev–Trinajstić information content (AvgIpc) is 2.60. The summed E-state index contributed by atoms with van der Waals surface area (Å²) in [6.45, 7) is 5.39. The molecule has 0 spiro atoms. The lowest BCUT2D eigenvalue weighted by Crippen LogP contribution is -2.41. The first-order valence-corrected chi connectivity index (χ1v) is 8.67. The van der Waals surface area contributed by atoms with Gasteiger partial charge in [0, 0.05) is 5.56 Å². The second-order valence-corrected chi connectivity index (χ2v) is 7.12. The molecule has 5 nitrogen and oxygen atoms in total. The number of alkyl carbamates (subject to hydrolysis) is 1. The summed E-state index contributed by atoms with van der Waals surface area (Å²) in [5.41, 5.74) is 0.694. The monoisotopic (exact) mass is 373 g/mol. The molecule has 0 aliphatic rings. The number of carbonyl (C=O) groups is 2. The largest absolute Gasteiger partial charge is 0.489 e. The third-order valence-electron chi connectivity index (χ3n) is 3.60. The maximum absolute atomic E-state index is 13.6. The number of halogens is 1. The Hall–Kier alpha value is -2.89. The van der Waals surface area contributed by atoms with E-state index in [4.69, 9.17) is 9.47 Å². The summed E-state index contributed by atoms with van der Waals surface area (Å²) in [4.78, 5) is 23.0. The van der Waals surface area contributed by atoms with Gasteiger partial charge in [0.25, 0.3) is 0 Å². The Morgan fingerprint density at radius 2 is 1.81 bits per heavy atom. The van der Waals surface area contributed by atoms with E-state index in [9.17, 15) is 14.0 Å². The number of nitrogens with one attached hydrogen (secondary N) is 1. The van der Waals surface area contributed by atoms with Gasteiger partial charge in [-0.1, -0.05) is 30.3 Å². The molecule has 2 aromatic rings. The zero-order valence-corrected chi connectivity index (χ0v) is 15.7. The summed E-state index contributed by atoms with van der Waals surface area (Å²) in [5, 5.41) is 2.54. The molecular weight excluding hydrogens is 349 g/mol. The van der Waals surface area contributed by atoms with Crippen molar-refractivity contribution in [2.75, 3.05) is 0 Å². The first-order valence-electron chi connectivity index (χ1n) is 8.67. The summed E-state index contributed by atoms with van der Waals surface area (Å²) >= 11 is 0. The summed E-state index contributed by atoms with van der Waals surface area (Å²) in [7, 11) is 0. The lowest BCUT2D eigenvalue weighted by molar-refractivity contribution is -0.109. The highest BCUT2D eigenvalue weighted by Crippen LogP contribution is 2.16. The van der Waals surface area contributed by atoms with Gasteiger partial charge < -0.3 is 19.6 Å². The Morgan fingerprint density at radius 3 is 2.41 bits per heavy atom. The molecule has 1 amide bonds. The lowest BCUT2D eigenvalue weighted by atomic mass is 10.1. The molecular formula is C21H24FNO4. The Labute approximate surface area is 158 Å². The fourth-order valence-corrected chi connectivity index (χ4v) is 2.34. The van der Waals surface area contributed by atoms with Crippen LogP contribution in [0.3, 0.4) is 0 Å². The van der Waals surface area contributed by atoms with Crippen molar-refractivity contribution in [3.8, 4) is 5.75 Å². The Morgan fingerprint density at radius 1 is 1.15 bits per heavy atom. The minimum Gasteiger partial charge on any atom is -0.489 e. The Kier molecular flexibility index (Phi) is 6.93. The van der Waals surface area contributed by atoms with E-state index >= 15 is 0 Å². The summed E-state index contributed by atoms with van der Waals surface area (Å²) in [5.74, 6) is 0.279. The van der Waals surface area contributed by atoms with Crippen LogP contribution in [-0.4, -0.2) is 24.0 Å². The minimum absolute atomic E-state index is 0.128. The fourth-order valence-electron chi connectivity index (χ4n) is 2.34. The molecule has 0 bridgehead atoms. The van der Waals surface area contributed by atoms with Gasteiger partial charge in [-0.3, -0.25) is 0 Å². The molecule has 1 atom stereocenters. The predicted octanol–water partition coefficient (Wildman–Crippen LogP) is 4.04. The predicted molar refractivity (Wildman–Crippen MR) is 100 cm³/mol. The van der Waals surface area contributed by atoms with E-state index in [-0.39, 0.29) is 12.4 Å². The lowest BCUT2D eigenvalue weighted by Gasteiger charge is -2.21. The van der Waals surface area contributed by atoms with Crippen LogP contribution >= 0.6 is 0 Å². The van der Waals surface area contributed by atoms with Crippen LogP contribution in [0.2, 0.25) is 0 Å². The molecule has 0 saturated heterocycles. The van der Waals surface area contributed by atoms with Crippen LogP contribution in [0.5, 0.6) is 5.75 Å². The van der Waals surface area contributed by atoms with Crippen molar-refractivity contribution in [3.63, 3.8) is 0 Å². The van der Waals surface area contributed by atoms with Crippen LogP contribution in [0.15, 0.2) is 48.5 Å². The fraction of sp³-hybridized carbons (Fsp3) is 0.333. The molecule has 0 radical (unpaired) electrons. The van der Waals surface area contributed by atoms with Crippen LogP contribution in [0.1, 0.15) is 31.9 Å². The summed E-state index contributed by atoms with van der Waals surface area (Å²) in [6, 6.07) is 12.8. The van der Waals surface area contributed by atoms with Crippen molar-refractivity contribution in [2.24, 2.45) is 0 Å². The summed E-state index contributed by atoms with van der Waals surface area (Å²) < 4.78 is 24.3. The maximum atomic E-state index is 13.6. The number of rotatable bonds is 7. The van der Waals surface area contributed by atoms with Crippen LogP contribution in [0.25, 0.3) is 0 Å². The van der Waals surface area contributed by atoms with Gasteiger partial charge in [-0.25, -0.2) is 9.18 Å². The standard InChI is InChI=1S/C21H24FNO4/c1-21(2,3)27-20(25)23-17(13-24)12-15-8-10-18(11-9-15)26-14-16-6-4-5-7-19(16)22/h4-11,13,17H,12,14H2,1-3H3,(H,23,25). The van der Waals surface area contributed by atoms with Gasteiger partial charge >= 0.3 is 6.09 Å². The molecule has 27 heavy (non-hydrogen) atoms. The number of hydrogen-bond acceptors (Lipinski definition) is 4. The zero-order valence-electron chi connectivity index (χ0n) is 15.7. The Bertz CT molecular complexity index is 768. The van der Waals surface area contributed by atoms with E-state index in [1.165, 1.54) is 6.07 Å². The quantitative estimate of drug-likeness (QED) is 0.744. The van der Waals surface area contributed by atoms with E-state index in [1.54, 1.807) is 63.2 Å². The molecule has 144 valence electrons. The molecule has 0 aromatic heterocycles. The van der Waals surface area contributed by atoms with Gasteiger partial charge in [0.15, 0.2) is 0 Å². The van der Waals surface area contributed by atoms with Gasteiger partial charge in [-0.05, 0) is 51.0 Å². The highest BCUT2D eigenvalue weighted by molar-refractivity contribution is 5.73. The number of ether oxygens (including phenoxy) is 2. The number of carbonyl (C=O) groups excluding carboxylic acids is 2. The van der Waals surface area contributed by atoms with E-state index in [0.717, 1.165) is 5.56 Å². The van der Waals surface area contributed by atoms with E-state index in [1.807, 2.05) is 0 Å². The van der Waals surface area contributed by atoms with E-state index < -0.39 is 17.7 Å². The van der Waals surface area contributed by atoms with Crippen molar-refractivity contribution in [2.45, 2.75) is 45.4 Å². The van der Waals surface area contributed by atoms with Crippen molar-refractivity contribution in [3.05, 3.63) is 65.5 Å². The third-order valence-corrected chi connectivity index (χ3v) is 3.60. The van der Waals surface area contributed by atoms with Crippen molar-refractivity contribution in [1.29, 1.82) is 0 Å².